The van der Waals surface area contributed by atoms with Crippen LogP contribution in [0.25, 0.3) is 10.9 Å². The number of methoxy groups -OCH3 is 1. The first kappa shape index (κ1) is 17.8. The van der Waals surface area contributed by atoms with E-state index in [1.54, 1.807) is 32.2 Å². The number of aryl methyl sites for hydroxylation is 1. The molecule has 1 heterocycles. The molecule has 0 unspecified atom stereocenters. The van der Waals surface area contributed by atoms with Gasteiger partial charge >= 0.3 is 0 Å². The molecule has 5 nitrogen and oxygen atoms in total. The number of ether oxygens (including phenoxy) is 1. The summed E-state index contributed by atoms with van der Waals surface area (Å²) in [5.41, 5.74) is 7.34. The van der Waals surface area contributed by atoms with Crippen LogP contribution in [0.15, 0.2) is 30.3 Å². The van der Waals surface area contributed by atoms with Gasteiger partial charge in [-0.05, 0) is 49.7 Å². The van der Waals surface area contributed by atoms with Crippen molar-refractivity contribution in [3.63, 3.8) is 0 Å². The van der Waals surface area contributed by atoms with E-state index < -0.39 is 6.43 Å². The largest absolute Gasteiger partial charge is 0.496 e. The molecule has 2 aromatic carbocycles. The van der Waals surface area contributed by atoms with Crippen molar-refractivity contribution in [2.24, 2.45) is 0 Å². The fraction of sp³-hybridized carbons (Fsp3) is 0.263. The lowest BCUT2D eigenvalue weighted by Crippen LogP contribution is -2.10. The predicted octanol–water partition coefficient (Wildman–Crippen LogP) is 4.44. The predicted molar refractivity (Wildman–Crippen MR) is 97.5 cm³/mol. The third kappa shape index (κ3) is 3.66. The third-order valence-corrected chi connectivity index (χ3v) is 4.04. The van der Waals surface area contributed by atoms with Crippen LogP contribution in [0, 0.1) is 13.0 Å². The van der Waals surface area contributed by atoms with E-state index in [1.807, 2.05) is 6.92 Å². The van der Waals surface area contributed by atoms with Gasteiger partial charge in [0.15, 0.2) is 0 Å². The Balaban J connectivity index is 2.00. The van der Waals surface area contributed by atoms with Crippen LogP contribution in [0.5, 0.6) is 5.75 Å². The number of nitrogens with one attached hydrogen (secondary N) is 1. The van der Waals surface area contributed by atoms with Crippen molar-refractivity contribution in [2.45, 2.75) is 26.3 Å². The molecule has 1 atom stereocenters. The number of halogens is 2. The average molecular weight is 357 g/mol. The number of alkyl halides is 2. The van der Waals surface area contributed by atoms with Gasteiger partial charge in [0.05, 0.1) is 18.7 Å². The molecule has 0 bridgehead atoms. The minimum Gasteiger partial charge on any atom is -0.496 e. The van der Waals surface area contributed by atoms with Gasteiger partial charge < -0.3 is 15.8 Å². The van der Waals surface area contributed by atoms with Gasteiger partial charge in [0.1, 0.15) is 17.4 Å². The Morgan fingerprint density at radius 1 is 1.15 bits per heavy atom. The van der Waals surface area contributed by atoms with Crippen LogP contribution in [0.3, 0.4) is 0 Å². The van der Waals surface area contributed by atoms with Crippen molar-refractivity contribution in [2.75, 3.05) is 18.2 Å². The molecule has 0 spiro atoms. The summed E-state index contributed by atoms with van der Waals surface area (Å²) in [7, 11) is 1.56. The van der Waals surface area contributed by atoms with Gasteiger partial charge in [-0.15, -0.1) is 0 Å². The quantitative estimate of drug-likeness (QED) is 0.661. The van der Waals surface area contributed by atoms with Gasteiger partial charge in [-0.3, -0.25) is 0 Å². The Labute approximate surface area is 150 Å². The molecule has 3 aromatic rings. The van der Waals surface area contributed by atoms with Crippen molar-refractivity contribution in [1.29, 1.82) is 0 Å². The van der Waals surface area contributed by atoms with Gasteiger partial charge in [-0.1, -0.05) is 0 Å². The zero-order chi connectivity index (χ0) is 18.8. The molecule has 7 heteroatoms. The van der Waals surface area contributed by atoms with E-state index in [0.717, 1.165) is 5.39 Å². The van der Waals surface area contributed by atoms with E-state index in [4.69, 9.17) is 10.5 Å². The number of anilines is 2. The lowest BCUT2D eigenvalue weighted by Gasteiger charge is -2.18. The average Bonchev–Trinajstić information content (AvgIpc) is 2.60. The first-order valence-corrected chi connectivity index (χ1v) is 8.06. The van der Waals surface area contributed by atoms with Crippen LogP contribution in [-0.2, 0) is 0 Å². The minimum absolute atomic E-state index is 0.103. The van der Waals surface area contributed by atoms with Gasteiger partial charge in [0, 0.05) is 22.7 Å². The third-order valence-electron chi connectivity index (χ3n) is 4.04. The minimum atomic E-state index is -2.58. The Kier molecular flexibility index (Phi) is 4.88. The van der Waals surface area contributed by atoms with Crippen molar-refractivity contribution in [1.82, 2.24) is 9.97 Å². The number of nitrogens with zero attached hydrogens (tertiary/aromatic N) is 2. The molecule has 3 N–H and O–H groups in total. The van der Waals surface area contributed by atoms with E-state index in [9.17, 15) is 8.78 Å². The summed E-state index contributed by atoms with van der Waals surface area (Å²) in [6.07, 6.45) is -2.58. The van der Waals surface area contributed by atoms with Crippen molar-refractivity contribution in [3.8, 4) is 5.75 Å². The van der Waals surface area contributed by atoms with Crippen molar-refractivity contribution in [3.05, 3.63) is 53.3 Å². The molecule has 0 aliphatic rings. The standard InChI is InChI=1S/C19H19F2N4O/c1-10(12-6-13(18(20)21)8-14(22)7-12)23-19-16-9-15(26-3)4-5-17(16)24-11(2)25-19/h5-10,18H,22H2,1-3H3,(H,23,24,25)/t10-/m1/s1. The number of fused-ring (bicyclic) bond motifs is 1. The summed E-state index contributed by atoms with van der Waals surface area (Å²) in [6, 6.07) is 10.6. The topological polar surface area (TPSA) is 73.1 Å². The summed E-state index contributed by atoms with van der Waals surface area (Å²) in [4.78, 5) is 8.84. The molecule has 0 saturated heterocycles. The number of benzene rings is 2. The van der Waals surface area contributed by atoms with Gasteiger partial charge in [-0.2, -0.15) is 0 Å². The van der Waals surface area contributed by atoms with E-state index in [1.165, 1.54) is 12.1 Å². The van der Waals surface area contributed by atoms with Crippen LogP contribution < -0.4 is 15.8 Å². The molecule has 0 aliphatic heterocycles. The maximum Gasteiger partial charge on any atom is 0.263 e. The fourth-order valence-electron chi connectivity index (χ4n) is 2.76. The molecule has 26 heavy (non-hydrogen) atoms. The highest BCUT2D eigenvalue weighted by Gasteiger charge is 2.15. The molecule has 0 saturated carbocycles. The number of rotatable bonds is 5. The fourth-order valence-corrected chi connectivity index (χ4v) is 2.76. The summed E-state index contributed by atoms with van der Waals surface area (Å²) in [5, 5.41) is 4.03. The number of hydrogen-bond acceptors (Lipinski definition) is 5. The maximum absolute atomic E-state index is 13.0. The molecular weight excluding hydrogens is 338 g/mol. The van der Waals surface area contributed by atoms with Crippen molar-refractivity contribution < 1.29 is 13.5 Å². The molecule has 0 fully saturated rings. The van der Waals surface area contributed by atoms with Crippen LogP contribution in [0.2, 0.25) is 0 Å². The Hall–Kier alpha value is -2.96. The summed E-state index contributed by atoms with van der Waals surface area (Å²) in [5.74, 6) is 1.74. The van der Waals surface area contributed by atoms with Gasteiger partial charge in [0.25, 0.3) is 6.43 Å². The molecule has 135 valence electrons. The van der Waals surface area contributed by atoms with Crippen LogP contribution in [0.1, 0.15) is 36.3 Å². The number of hydrogen-bond donors (Lipinski definition) is 2. The highest BCUT2D eigenvalue weighted by atomic mass is 19.3. The zero-order valence-corrected chi connectivity index (χ0v) is 14.7. The summed E-state index contributed by atoms with van der Waals surface area (Å²) in [6.45, 7) is 3.65. The van der Waals surface area contributed by atoms with Crippen LogP contribution >= 0.6 is 0 Å². The van der Waals surface area contributed by atoms with Gasteiger partial charge in [-0.25, -0.2) is 18.7 Å². The first-order chi connectivity index (χ1) is 12.4. The second kappa shape index (κ2) is 7.11. The highest BCUT2D eigenvalue weighted by Crippen LogP contribution is 2.30. The Morgan fingerprint density at radius 3 is 2.58 bits per heavy atom. The maximum atomic E-state index is 13.0. The SMILES string of the molecule is COc1[c]cc2nc(C)nc(N[C@H](C)c3cc(N)cc(C(F)F)c3)c2c1. The lowest BCUT2D eigenvalue weighted by atomic mass is 10.0. The van der Waals surface area contributed by atoms with E-state index in [0.29, 0.717) is 34.2 Å². The molecule has 3 rings (SSSR count). The molecule has 1 aromatic heterocycles. The molecular formula is C19H19F2N4O. The summed E-state index contributed by atoms with van der Waals surface area (Å²) >= 11 is 0. The Morgan fingerprint density at radius 2 is 1.88 bits per heavy atom. The first-order valence-electron chi connectivity index (χ1n) is 8.06. The van der Waals surface area contributed by atoms with E-state index >= 15 is 0 Å². The van der Waals surface area contributed by atoms with E-state index in [2.05, 4.69) is 21.4 Å². The number of nitrogens with two attached hydrogens (primary N) is 1. The van der Waals surface area contributed by atoms with E-state index in [-0.39, 0.29) is 11.6 Å². The molecule has 1 radical (unpaired) electrons. The molecule has 0 amide bonds. The smallest absolute Gasteiger partial charge is 0.263 e. The van der Waals surface area contributed by atoms with Crippen LogP contribution in [-0.4, -0.2) is 17.1 Å². The normalized spacial score (nSPS) is 12.4. The number of aromatic nitrogens is 2. The highest BCUT2D eigenvalue weighted by molar-refractivity contribution is 5.90. The monoisotopic (exact) mass is 357 g/mol. The summed E-state index contributed by atoms with van der Waals surface area (Å²) < 4.78 is 31.3. The second-order valence-electron chi connectivity index (χ2n) is 6.02. The molecule has 0 aliphatic carbocycles. The second-order valence-corrected chi connectivity index (χ2v) is 6.02. The van der Waals surface area contributed by atoms with Crippen molar-refractivity contribution >= 4 is 22.4 Å². The number of nitrogen functional groups attached to an aromatic ring is 1. The van der Waals surface area contributed by atoms with Crippen LogP contribution in [0.4, 0.5) is 20.3 Å². The van der Waals surface area contributed by atoms with Gasteiger partial charge in [0.2, 0.25) is 0 Å². The Bertz CT molecular complexity index is 946. The lowest BCUT2D eigenvalue weighted by molar-refractivity contribution is 0.151. The zero-order valence-electron chi connectivity index (χ0n) is 14.7.